The molecule has 1 saturated heterocycles. The van der Waals surface area contributed by atoms with Crippen molar-refractivity contribution in [2.24, 2.45) is 0 Å². The fraction of sp³-hybridized carbons (Fsp3) is 0.364. The number of rotatable bonds is 3. The fourth-order valence-corrected chi connectivity index (χ4v) is 4.95. The number of hydrogen-bond donors (Lipinski definition) is 0. The maximum absolute atomic E-state index is 13.5. The van der Waals surface area contributed by atoms with Crippen molar-refractivity contribution in [2.75, 3.05) is 0 Å². The number of aryl methyl sites for hydroxylation is 2. The molecule has 1 fully saturated rings. The number of benzene rings is 1. The second-order valence-electron chi connectivity index (χ2n) is 8.89. The van der Waals surface area contributed by atoms with Gasteiger partial charge in [0.25, 0.3) is 10.0 Å². The quantitative estimate of drug-likeness (QED) is 0.585. The zero-order valence-electron chi connectivity index (χ0n) is 18.4. The minimum atomic E-state index is -3.92. The first kappa shape index (κ1) is 21.6. The molecule has 0 atom stereocenters. The average molecular weight is 437 g/mol. The van der Waals surface area contributed by atoms with Gasteiger partial charge in [0.05, 0.1) is 21.7 Å². The molecule has 160 valence electrons. The molecule has 9 heteroatoms. The van der Waals surface area contributed by atoms with Gasteiger partial charge in [-0.1, -0.05) is 17.7 Å². The summed E-state index contributed by atoms with van der Waals surface area (Å²) in [6.07, 6.45) is 2.90. The van der Waals surface area contributed by atoms with E-state index in [0.717, 1.165) is 9.54 Å². The number of nitrogens with zero attached hydrogens (tertiary/aromatic N) is 3. The van der Waals surface area contributed by atoms with Crippen molar-refractivity contribution in [2.45, 2.75) is 57.6 Å². The fourth-order valence-electron chi connectivity index (χ4n) is 3.62. The Balaban J connectivity index is 1.98. The van der Waals surface area contributed by atoms with E-state index < -0.39 is 28.3 Å². The van der Waals surface area contributed by atoms with Gasteiger partial charge in [0.15, 0.2) is 5.65 Å². The molecular formula is C22H24BN3O4S. The zero-order valence-corrected chi connectivity index (χ0v) is 19.2. The van der Waals surface area contributed by atoms with E-state index in [1.54, 1.807) is 31.2 Å². The molecule has 7 nitrogen and oxygen atoms in total. The molecule has 0 bridgehead atoms. The van der Waals surface area contributed by atoms with E-state index in [1.807, 2.05) is 34.6 Å². The van der Waals surface area contributed by atoms with E-state index in [-0.39, 0.29) is 10.5 Å². The van der Waals surface area contributed by atoms with Gasteiger partial charge in [-0.3, -0.25) is 0 Å². The lowest BCUT2D eigenvalue weighted by atomic mass is 9.78. The summed E-state index contributed by atoms with van der Waals surface area (Å²) in [6.45, 7) is 11.4. The molecule has 1 aromatic carbocycles. The highest BCUT2D eigenvalue weighted by atomic mass is 32.2. The first-order valence-corrected chi connectivity index (χ1v) is 11.4. The largest absolute Gasteiger partial charge is 0.497 e. The zero-order chi connectivity index (χ0) is 22.8. The number of nitriles is 1. The van der Waals surface area contributed by atoms with Gasteiger partial charge in [0.1, 0.15) is 6.07 Å². The van der Waals surface area contributed by atoms with E-state index in [4.69, 9.17) is 9.31 Å². The lowest BCUT2D eigenvalue weighted by molar-refractivity contribution is 0.00578. The molecule has 0 unspecified atom stereocenters. The first-order valence-electron chi connectivity index (χ1n) is 9.97. The second-order valence-corrected chi connectivity index (χ2v) is 10.7. The molecular weight excluding hydrogens is 413 g/mol. The van der Waals surface area contributed by atoms with E-state index in [1.165, 1.54) is 12.4 Å². The van der Waals surface area contributed by atoms with Crippen molar-refractivity contribution in [1.29, 1.82) is 5.26 Å². The van der Waals surface area contributed by atoms with Gasteiger partial charge in [0.2, 0.25) is 0 Å². The van der Waals surface area contributed by atoms with Crippen LogP contribution in [0.25, 0.3) is 11.0 Å². The summed E-state index contributed by atoms with van der Waals surface area (Å²) in [4.78, 5) is 4.49. The van der Waals surface area contributed by atoms with Crippen LogP contribution in [0.4, 0.5) is 0 Å². The molecule has 0 saturated carbocycles. The maximum Gasteiger partial charge on any atom is 0.497 e. The lowest BCUT2D eigenvalue weighted by Crippen LogP contribution is -2.41. The van der Waals surface area contributed by atoms with Crippen molar-refractivity contribution in [3.05, 3.63) is 53.3 Å². The van der Waals surface area contributed by atoms with Crippen molar-refractivity contribution >= 4 is 33.6 Å². The Morgan fingerprint density at radius 3 is 2.19 bits per heavy atom. The molecule has 0 aliphatic carbocycles. The van der Waals surface area contributed by atoms with Crippen LogP contribution < -0.4 is 5.46 Å². The molecule has 0 amide bonds. The van der Waals surface area contributed by atoms with Gasteiger partial charge in [-0.25, -0.2) is 17.4 Å². The van der Waals surface area contributed by atoms with Crippen LogP contribution in [0.15, 0.2) is 41.6 Å². The maximum atomic E-state index is 13.5. The van der Waals surface area contributed by atoms with E-state index >= 15 is 0 Å². The van der Waals surface area contributed by atoms with Gasteiger partial charge < -0.3 is 9.31 Å². The molecule has 1 aliphatic heterocycles. The summed E-state index contributed by atoms with van der Waals surface area (Å²) in [5.41, 5.74) is 1.53. The smallest absolute Gasteiger partial charge is 0.399 e. The summed E-state index contributed by atoms with van der Waals surface area (Å²) >= 11 is 0. The van der Waals surface area contributed by atoms with Crippen LogP contribution in [0.1, 0.15) is 44.4 Å². The highest BCUT2D eigenvalue weighted by molar-refractivity contribution is 7.90. The standard InChI is InChI=1S/C22H24BN3O4S/c1-14-7-9-17(10-8-14)31(27,28)26-13-18(23-29-21(3,4)22(5,6)30-23)19-15(2)16(11-24)12-25-20(19)26/h7-10,12-13H,1-6H3. The van der Waals surface area contributed by atoms with Gasteiger partial charge in [0, 0.05) is 23.2 Å². The van der Waals surface area contributed by atoms with Crippen LogP contribution in [-0.2, 0) is 19.3 Å². The minimum absolute atomic E-state index is 0.152. The van der Waals surface area contributed by atoms with Gasteiger partial charge >= 0.3 is 7.12 Å². The summed E-state index contributed by atoms with van der Waals surface area (Å²) in [6, 6.07) is 8.76. The van der Waals surface area contributed by atoms with Gasteiger partial charge in [-0.2, -0.15) is 5.26 Å². The van der Waals surface area contributed by atoms with Crippen LogP contribution >= 0.6 is 0 Å². The van der Waals surface area contributed by atoms with Gasteiger partial charge in [-0.15, -0.1) is 0 Å². The molecule has 2 aromatic heterocycles. The third-order valence-electron chi connectivity index (χ3n) is 6.28. The Bertz CT molecular complexity index is 1320. The van der Waals surface area contributed by atoms with E-state index in [0.29, 0.717) is 22.0 Å². The third kappa shape index (κ3) is 3.26. The van der Waals surface area contributed by atoms with Crippen LogP contribution in [0.5, 0.6) is 0 Å². The average Bonchev–Trinajstić information content (AvgIpc) is 3.18. The second kappa shape index (κ2) is 6.92. The Morgan fingerprint density at radius 2 is 1.65 bits per heavy atom. The lowest BCUT2D eigenvalue weighted by Gasteiger charge is -2.32. The highest BCUT2D eigenvalue weighted by Gasteiger charge is 2.52. The first-order chi connectivity index (χ1) is 14.4. The molecule has 3 heterocycles. The van der Waals surface area contributed by atoms with Crippen molar-refractivity contribution in [3.63, 3.8) is 0 Å². The van der Waals surface area contributed by atoms with Crippen LogP contribution in [0.3, 0.4) is 0 Å². The summed E-state index contributed by atoms with van der Waals surface area (Å²) in [7, 11) is -4.72. The summed E-state index contributed by atoms with van der Waals surface area (Å²) in [5.74, 6) is 0. The molecule has 31 heavy (non-hydrogen) atoms. The molecule has 0 N–H and O–H groups in total. The van der Waals surface area contributed by atoms with E-state index in [2.05, 4.69) is 11.1 Å². The van der Waals surface area contributed by atoms with Crippen molar-refractivity contribution < 1.29 is 17.7 Å². The van der Waals surface area contributed by atoms with Crippen LogP contribution in [0.2, 0.25) is 0 Å². The van der Waals surface area contributed by atoms with Crippen molar-refractivity contribution in [3.8, 4) is 6.07 Å². The number of aromatic nitrogens is 2. The molecule has 3 aromatic rings. The topological polar surface area (TPSA) is 94.2 Å². The van der Waals surface area contributed by atoms with Crippen LogP contribution in [-0.4, -0.2) is 35.7 Å². The highest BCUT2D eigenvalue weighted by Crippen LogP contribution is 2.37. The van der Waals surface area contributed by atoms with Crippen molar-refractivity contribution in [1.82, 2.24) is 8.96 Å². The Labute approximate surface area is 182 Å². The van der Waals surface area contributed by atoms with Gasteiger partial charge in [-0.05, 0) is 59.2 Å². The number of hydrogen-bond acceptors (Lipinski definition) is 6. The van der Waals surface area contributed by atoms with E-state index in [9.17, 15) is 13.7 Å². The summed E-state index contributed by atoms with van der Waals surface area (Å²) < 4.78 is 40.5. The normalized spacial score (nSPS) is 17.8. The van der Waals surface area contributed by atoms with Crippen LogP contribution in [0, 0.1) is 25.2 Å². The molecule has 0 spiro atoms. The third-order valence-corrected chi connectivity index (χ3v) is 7.94. The molecule has 1 aliphatic rings. The molecule has 4 rings (SSSR count). The Hall–Kier alpha value is -2.67. The Morgan fingerprint density at radius 1 is 1.06 bits per heavy atom. The molecule has 0 radical (unpaired) electrons. The SMILES string of the molecule is Cc1ccc(S(=O)(=O)n2cc(B3OC(C)(C)C(C)(C)O3)c3c(C)c(C#N)cnc32)cc1. The number of fused-ring (bicyclic) bond motifs is 1. The number of pyridine rings is 1. The predicted octanol–water partition coefficient (Wildman–Crippen LogP) is 3.06. The Kier molecular flexibility index (Phi) is 4.81. The monoisotopic (exact) mass is 437 g/mol. The predicted molar refractivity (Wildman–Crippen MR) is 119 cm³/mol. The summed E-state index contributed by atoms with van der Waals surface area (Å²) in [5, 5.41) is 10.0. The minimum Gasteiger partial charge on any atom is -0.399 e.